The fraction of sp³-hybridized carbons (Fsp3) is 0.364. The van der Waals surface area contributed by atoms with Gasteiger partial charge in [0.2, 0.25) is 0 Å². The lowest BCUT2D eigenvalue weighted by molar-refractivity contribution is -0.119. The number of halogens is 1. The first-order valence-corrected chi connectivity index (χ1v) is 9.99. The number of piperazine rings is 1. The lowest BCUT2D eigenvalue weighted by Crippen LogP contribution is -2.52. The van der Waals surface area contributed by atoms with Crippen LogP contribution < -0.4 is 20.7 Å². The molecule has 3 N–H and O–H groups in total. The van der Waals surface area contributed by atoms with Gasteiger partial charge in [0.25, 0.3) is 5.91 Å². The van der Waals surface area contributed by atoms with E-state index < -0.39 is 5.91 Å². The van der Waals surface area contributed by atoms with Crippen LogP contribution in [0.25, 0.3) is 0 Å². The van der Waals surface area contributed by atoms with Crippen LogP contribution in [0.2, 0.25) is 0 Å². The average molecular weight is 523 g/mol. The van der Waals surface area contributed by atoms with Crippen LogP contribution >= 0.6 is 24.0 Å². The third-order valence-electron chi connectivity index (χ3n) is 4.73. The summed E-state index contributed by atoms with van der Waals surface area (Å²) in [4.78, 5) is 20.4. The summed E-state index contributed by atoms with van der Waals surface area (Å²) in [5.41, 5.74) is 7.42. The fourth-order valence-electron chi connectivity index (χ4n) is 3.30. The highest BCUT2D eigenvalue weighted by atomic mass is 127. The van der Waals surface area contributed by atoms with Crippen molar-refractivity contribution in [1.82, 2.24) is 10.2 Å². The molecule has 2 aromatic carbocycles. The van der Waals surface area contributed by atoms with Crippen LogP contribution in [0.5, 0.6) is 5.75 Å². The highest BCUT2D eigenvalue weighted by Crippen LogP contribution is 2.17. The van der Waals surface area contributed by atoms with Crippen molar-refractivity contribution < 1.29 is 9.53 Å². The molecule has 1 fully saturated rings. The molecule has 162 valence electrons. The van der Waals surface area contributed by atoms with Gasteiger partial charge in [0.05, 0.1) is 6.54 Å². The second-order valence-corrected chi connectivity index (χ2v) is 6.88. The Morgan fingerprint density at radius 3 is 2.50 bits per heavy atom. The van der Waals surface area contributed by atoms with E-state index in [4.69, 9.17) is 15.5 Å². The molecule has 0 unspecified atom stereocenters. The Labute approximate surface area is 195 Å². The first-order valence-electron chi connectivity index (χ1n) is 9.99. The van der Waals surface area contributed by atoms with Crippen molar-refractivity contribution in [3.05, 3.63) is 60.2 Å². The van der Waals surface area contributed by atoms with Gasteiger partial charge < -0.3 is 25.6 Å². The van der Waals surface area contributed by atoms with Crippen LogP contribution in [0.4, 0.5) is 5.69 Å². The third kappa shape index (κ3) is 7.08. The van der Waals surface area contributed by atoms with E-state index in [0.29, 0.717) is 12.3 Å². The van der Waals surface area contributed by atoms with Crippen LogP contribution in [-0.2, 0) is 11.3 Å². The summed E-state index contributed by atoms with van der Waals surface area (Å²) >= 11 is 0. The summed E-state index contributed by atoms with van der Waals surface area (Å²) < 4.78 is 5.38. The molecule has 2 aromatic rings. The summed E-state index contributed by atoms with van der Waals surface area (Å²) in [7, 11) is 0. The zero-order valence-corrected chi connectivity index (χ0v) is 19.6. The minimum Gasteiger partial charge on any atom is -0.484 e. The van der Waals surface area contributed by atoms with Crippen LogP contribution in [0.1, 0.15) is 12.5 Å². The number of amides is 1. The molecule has 0 spiro atoms. The molecule has 1 saturated heterocycles. The van der Waals surface area contributed by atoms with Gasteiger partial charge in [-0.3, -0.25) is 4.79 Å². The molecule has 0 aliphatic carbocycles. The second kappa shape index (κ2) is 12.3. The topological polar surface area (TPSA) is 83.2 Å². The smallest absolute Gasteiger partial charge is 0.255 e. The van der Waals surface area contributed by atoms with Crippen molar-refractivity contribution in [2.24, 2.45) is 10.7 Å². The molecule has 0 bridgehead atoms. The number of hydrogen-bond donors (Lipinski definition) is 2. The van der Waals surface area contributed by atoms with Crippen molar-refractivity contribution in [3.8, 4) is 5.75 Å². The van der Waals surface area contributed by atoms with Gasteiger partial charge in [0.15, 0.2) is 12.6 Å². The predicted molar refractivity (Wildman–Crippen MR) is 132 cm³/mol. The van der Waals surface area contributed by atoms with Crippen LogP contribution in [0.3, 0.4) is 0 Å². The average Bonchev–Trinajstić information content (AvgIpc) is 2.76. The van der Waals surface area contributed by atoms with Gasteiger partial charge in [-0.15, -0.1) is 24.0 Å². The number of carbonyl (C=O) groups is 1. The van der Waals surface area contributed by atoms with Crippen molar-refractivity contribution in [3.63, 3.8) is 0 Å². The lowest BCUT2D eigenvalue weighted by atomic mass is 10.2. The van der Waals surface area contributed by atoms with E-state index in [2.05, 4.69) is 46.3 Å². The SMILES string of the molecule is CCNC(=NCc1cccc(OCC(N)=O)c1)N1CCN(c2ccccc2)CC1.I. The Bertz CT molecular complexity index is 823. The molecule has 0 saturated carbocycles. The van der Waals surface area contributed by atoms with Gasteiger partial charge in [0.1, 0.15) is 5.75 Å². The summed E-state index contributed by atoms with van der Waals surface area (Å²) in [6.45, 7) is 7.07. The van der Waals surface area contributed by atoms with Crippen LogP contribution in [0.15, 0.2) is 59.6 Å². The van der Waals surface area contributed by atoms with Crippen molar-refractivity contribution in [2.75, 3.05) is 44.2 Å². The highest BCUT2D eigenvalue weighted by molar-refractivity contribution is 14.0. The van der Waals surface area contributed by atoms with Gasteiger partial charge >= 0.3 is 0 Å². The Balaban J connectivity index is 0.00000320. The number of primary amides is 1. The van der Waals surface area contributed by atoms with Gasteiger partial charge in [-0.2, -0.15) is 0 Å². The standard InChI is InChI=1S/C22H29N5O2.HI/c1-2-24-22(25-16-18-7-6-10-20(15-18)29-17-21(23)28)27-13-11-26(12-14-27)19-8-4-3-5-9-19;/h3-10,15H,2,11-14,16-17H2,1H3,(H2,23,28)(H,24,25);1H. The number of benzene rings is 2. The highest BCUT2D eigenvalue weighted by Gasteiger charge is 2.19. The lowest BCUT2D eigenvalue weighted by Gasteiger charge is -2.37. The maximum Gasteiger partial charge on any atom is 0.255 e. The minimum absolute atomic E-state index is 0. The first kappa shape index (κ1) is 23.8. The number of nitrogens with two attached hydrogens (primary N) is 1. The summed E-state index contributed by atoms with van der Waals surface area (Å²) in [5, 5.41) is 3.40. The molecule has 3 rings (SSSR count). The number of aliphatic imine (C=N–C) groups is 1. The molecule has 1 amide bonds. The maximum absolute atomic E-state index is 10.9. The van der Waals surface area contributed by atoms with Crippen molar-refractivity contribution in [1.29, 1.82) is 0 Å². The quantitative estimate of drug-likeness (QED) is 0.331. The molecule has 1 heterocycles. The number of ether oxygens (including phenoxy) is 1. The van der Waals surface area contributed by atoms with Gasteiger partial charge in [-0.1, -0.05) is 30.3 Å². The van der Waals surface area contributed by atoms with Gasteiger partial charge in [-0.05, 0) is 36.8 Å². The number of carbonyl (C=O) groups excluding carboxylic acids is 1. The molecule has 1 aliphatic rings. The van der Waals surface area contributed by atoms with E-state index in [0.717, 1.165) is 44.2 Å². The van der Waals surface area contributed by atoms with E-state index >= 15 is 0 Å². The summed E-state index contributed by atoms with van der Waals surface area (Å²) in [5.74, 6) is 1.05. The monoisotopic (exact) mass is 523 g/mol. The fourth-order valence-corrected chi connectivity index (χ4v) is 3.30. The molecule has 0 aromatic heterocycles. The second-order valence-electron chi connectivity index (χ2n) is 6.88. The molecule has 0 radical (unpaired) electrons. The molecule has 30 heavy (non-hydrogen) atoms. The summed E-state index contributed by atoms with van der Waals surface area (Å²) in [6.07, 6.45) is 0. The van der Waals surface area contributed by atoms with E-state index in [1.165, 1.54) is 5.69 Å². The zero-order valence-electron chi connectivity index (χ0n) is 17.3. The number of para-hydroxylation sites is 1. The van der Waals surface area contributed by atoms with Crippen molar-refractivity contribution >= 4 is 41.5 Å². The number of nitrogens with one attached hydrogen (secondary N) is 1. The number of anilines is 1. The van der Waals surface area contributed by atoms with E-state index in [1.54, 1.807) is 0 Å². The van der Waals surface area contributed by atoms with E-state index in [1.807, 2.05) is 30.3 Å². The van der Waals surface area contributed by atoms with Crippen molar-refractivity contribution in [2.45, 2.75) is 13.5 Å². The van der Waals surface area contributed by atoms with Crippen LogP contribution in [0, 0.1) is 0 Å². The number of hydrogen-bond acceptors (Lipinski definition) is 4. The zero-order chi connectivity index (χ0) is 20.5. The normalized spacial score (nSPS) is 14.1. The van der Waals surface area contributed by atoms with Gasteiger partial charge in [0, 0.05) is 38.4 Å². The number of guanidine groups is 1. The van der Waals surface area contributed by atoms with E-state index in [-0.39, 0.29) is 30.6 Å². The minimum atomic E-state index is -0.488. The Kier molecular flexibility index (Phi) is 9.72. The molecule has 1 aliphatic heterocycles. The molecule has 8 heteroatoms. The predicted octanol–water partition coefficient (Wildman–Crippen LogP) is 2.46. The maximum atomic E-state index is 10.9. The Hall–Kier alpha value is -2.49. The van der Waals surface area contributed by atoms with E-state index in [9.17, 15) is 4.79 Å². The third-order valence-corrected chi connectivity index (χ3v) is 4.73. The Morgan fingerprint density at radius 1 is 1.10 bits per heavy atom. The molecule has 0 atom stereocenters. The van der Waals surface area contributed by atoms with Crippen LogP contribution in [-0.4, -0.2) is 56.1 Å². The Morgan fingerprint density at radius 2 is 1.83 bits per heavy atom. The number of nitrogens with zero attached hydrogens (tertiary/aromatic N) is 3. The summed E-state index contributed by atoms with van der Waals surface area (Å²) in [6, 6.07) is 18.1. The van der Waals surface area contributed by atoms with Gasteiger partial charge in [-0.25, -0.2) is 4.99 Å². The largest absolute Gasteiger partial charge is 0.484 e. The molecule has 7 nitrogen and oxygen atoms in total. The molecular formula is C22H30IN5O2. The first-order chi connectivity index (χ1) is 14.2. The molecular weight excluding hydrogens is 493 g/mol. The number of rotatable bonds is 7.